The molecule has 5 nitrogen and oxygen atoms in total. The summed E-state index contributed by atoms with van der Waals surface area (Å²) >= 11 is 1.86. The van der Waals surface area contributed by atoms with E-state index in [1.54, 1.807) is 0 Å². The molecule has 6 heteroatoms. The van der Waals surface area contributed by atoms with Crippen LogP contribution < -0.4 is 10.6 Å². The van der Waals surface area contributed by atoms with Crippen molar-refractivity contribution < 1.29 is 4.74 Å². The number of nitrogens with zero attached hydrogens (tertiary/aromatic N) is 3. The number of allylic oxidation sites excluding steroid dienone is 1. The van der Waals surface area contributed by atoms with E-state index in [9.17, 15) is 0 Å². The smallest absolute Gasteiger partial charge is 0.123 e. The molecule has 2 aliphatic heterocycles. The minimum absolute atomic E-state index is 0.557. The minimum atomic E-state index is 0.557. The Labute approximate surface area is 179 Å². The molecule has 6 rings (SSSR count). The van der Waals surface area contributed by atoms with E-state index in [0.29, 0.717) is 5.82 Å². The fourth-order valence-electron chi connectivity index (χ4n) is 4.52. The molecule has 0 amide bonds. The van der Waals surface area contributed by atoms with Crippen molar-refractivity contribution in [1.82, 2.24) is 4.98 Å². The number of nitrogens with two attached hydrogens (primary N) is 1. The van der Waals surface area contributed by atoms with Crippen molar-refractivity contribution in [2.24, 2.45) is 4.99 Å². The molecular formula is C24H22N4OS. The van der Waals surface area contributed by atoms with Gasteiger partial charge in [0.15, 0.2) is 0 Å². The van der Waals surface area contributed by atoms with E-state index in [4.69, 9.17) is 15.5 Å². The Morgan fingerprint density at radius 3 is 2.53 bits per heavy atom. The lowest BCUT2D eigenvalue weighted by atomic mass is 10.00. The van der Waals surface area contributed by atoms with Crippen molar-refractivity contribution in [2.75, 3.05) is 43.5 Å². The lowest BCUT2D eigenvalue weighted by molar-refractivity contribution is 0.122. The number of aromatic nitrogens is 1. The first-order valence-corrected chi connectivity index (χ1v) is 11.1. The Morgan fingerprint density at radius 1 is 0.967 bits per heavy atom. The third kappa shape index (κ3) is 2.95. The number of morpholine rings is 1. The van der Waals surface area contributed by atoms with Gasteiger partial charge in [0.05, 0.1) is 25.5 Å². The number of thiophene rings is 1. The van der Waals surface area contributed by atoms with E-state index in [2.05, 4.69) is 40.2 Å². The molecule has 1 aromatic carbocycles. The lowest BCUT2D eigenvalue weighted by Gasteiger charge is -2.29. The first-order valence-electron chi connectivity index (χ1n) is 10.3. The van der Waals surface area contributed by atoms with Crippen LogP contribution in [0.2, 0.25) is 0 Å². The fourth-order valence-corrected chi connectivity index (χ4v) is 5.71. The Balaban J connectivity index is 1.25. The van der Waals surface area contributed by atoms with Crippen LogP contribution in [0.1, 0.15) is 16.0 Å². The molecule has 30 heavy (non-hydrogen) atoms. The number of fused-ring (bicyclic) bond motifs is 2. The zero-order chi connectivity index (χ0) is 20.1. The topological polar surface area (TPSA) is 63.7 Å². The van der Waals surface area contributed by atoms with Crippen molar-refractivity contribution in [2.45, 2.75) is 6.42 Å². The molecule has 4 heterocycles. The summed E-state index contributed by atoms with van der Waals surface area (Å²) in [6.07, 6.45) is 2.83. The molecule has 1 fully saturated rings. The molecule has 0 radical (unpaired) electrons. The maximum absolute atomic E-state index is 5.73. The summed E-state index contributed by atoms with van der Waals surface area (Å²) < 4.78 is 5.46. The Hall–Kier alpha value is -2.96. The standard InChI is InChI=1S/C24H22N4OS/c25-23-6-3-16(13-26-23)21-11-18-20-14-27-24(19(20)12-22(18)30-21)15-1-4-17(5-2-15)28-7-9-29-10-8-28/h1-6,11,13H,7-10,12,14H2,(H2,25,26). The maximum Gasteiger partial charge on any atom is 0.123 e. The Kier molecular flexibility index (Phi) is 4.21. The molecule has 1 saturated heterocycles. The predicted molar refractivity (Wildman–Crippen MR) is 123 cm³/mol. The summed E-state index contributed by atoms with van der Waals surface area (Å²) in [5.74, 6) is 0.557. The molecule has 2 N–H and O–H groups in total. The third-order valence-electron chi connectivity index (χ3n) is 6.10. The van der Waals surface area contributed by atoms with E-state index in [1.807, 2.05) is 29.7 Å². The van der Waals surface area contributed by atoms with Gasteiger partial charge in [-0.25, -0.2) is 4.98 Å². The lowest BCUT2D eigenvalue weighted by Crippen LogP contribution is -2.36. The van der Waals surface area contributed by atoms with Crippen LogP contribution in [0.5, 0.6) is 0 Å². The summed E-state index contributed by atoms with van der Waals surface area (Å²) in [7, 11) is 0. The van der Waals surface area contributed by atoms with Gasteiger partial charge in [-0.05, 0) is 47.0 Å². The van der Waals surface area contributed by atoms with Gasteiger partial charge in [0.1, 0.15) is 5.82 Å². The molecule has 0 bridgehead atoms. The molecule has 0 saturated carbocycles. The van der Waals surface area contributed by atoms with Gasteiger partial charge in [-0.2, -0.15) is 0 Å². The average Bonchev–Trinajstić information content (AvgIpc) is 3.46. The number of nitrogen functional groups attached to an aromatic ring is 1. The van der Waals surface area contributed by atoms with Gasteiger partial charge >= 0.3 is 0 Å². The van der Waals surface area contributed by atoms with Crippen LogP contribution in [-0.2, 0) is 11.2 Å². The van der Waals surface area contributed by atoms with Crippen molar-refractivity contribution in [3.8, 4) is 10.4 Å². The quantitative estimate of drug-likeness (QED) is 0.703. The monoisotopic (exact) mass is 414 g/mol. The zero-order valence-corrected chi connectivity index (χ0v) is 17.4. The van der Waals surface area contributed by atoms with E-state index in [1.165, 1.54) is 37.7 Å². The molecule has 150 valence electrons. The van der Waals surface area contributed by atoms with Gasteiger partial charge in [0.25, 0.3) is 0 Å². The molecule has 2 aromatic heterocycles. The fraction of sp³-hybridized carbons (Fsp3) is 0.250. The first kappa shape index (κ1) is 17.9. The Morgan fingerprint density at radius 2 is 1.77 bits per heavy atom. The highest BCUT2D eigenvalue weighted by atomic mass is 32.1. The minimum Gasteiger partial charge on any atom is -0.384 e. The summed E-state index contributed by atoms with van der Waals surface area (Å²) in [4.78, 5) is 14.2. The van der Waals surface area contributed by atoms with E-state index >= 15 is 0 Å². The highest BCUT2D eigenvalue weighted by Gasteiger charge is 2.31. The van der Waals surface area contributed by atoms with Crippen LogP contribution in [0.25, 0.3) is 16.0 Å². The highest BCUT2D eigenvalue weighted by Crippen LogP contribution is 2.45. The van der Waals surface area contributed by atoms with Gasteiger partial charge in [-0.15, -0.1) is 11.3 Å². The van der Waals surface area contributed by atoms with Gasteiger partial charge in [0.2, 0.25) is 0 Å². The van der Waals surface area contributed by atoms with Crippen LogP contribution >= 0.6 is 11.3 Å². The second kappa shape index (κ2) is 7.07. The molecule has 0 unspecified atom stereocenters. The van der Waals surface area contributed by atoms with Gasteiger partial charge < -0.3 is 15.4 Å². The molecule has 3 aromatic rings. The maximum atomic E-state index is 5.73. The number of benzene rings is 1. The molecular weight excluding hydrogens is 392 g/mol. The molecule has 3 aliphatic rings. The van der Waals surface area contributed by atoms with Crippen molar-refractivity contribution in [3.05, 3.63) is 70.2 Å². The number of hydrogen-bond donors (Lipinski definition) is 1. The van der Waals surface area contributed by atoms with Gasteiger partial charge in [0, 0.05) is 52.3 Å². The number of anilines is 2. The zero-order valence-electron chi connectivity index (χ0n) is 16.6. The third-order valence-corrected chi connectivity index (χ3v) is 7.29. The van der Waals surface area contributed by atoms with Crippen molar-refractivity contribution >= 4 is 34.1 Å². The van der Waals surface area contributed by atoms with Crippen LogP contribution in [0.15, 0.2) is 59.2 Å². The summed E-state index contributed by atoms with van der Waals surface area (Å²) in [6.45, 7) is 4.31. The van der Waals surface area contributed by atoms with Gasteiger partial charge in [-0.3, -0.25) is 4.99 Å². The number of hydrogen-bond acceptors (Lipinski definition) is 6. The van der Waals surface area contributed by atoms with E-state index in [0.717, 1.165) is 50.5 Å². The molecule has 1 aliphatic carbocycles. The van der Waals surface area contributed by atoms with Crippen LogP contribution in [0, 0.1) is 0 Å². The summed E-state index contributed by atoms with van der Waals surface area (Å²) in [6, 6.07) is 15.1. The van der Waals surface area contributed by atoms with Crippen LogP contribution in [0.3, 0.4) is 0 Å². The number of ether oxygens (including phenoxy) is 1. The van der Waals surface area contributed by atoms with E-state index in [-0.39, 0.29) is 0 Å². The second-order valence-electron chi connectivity index (χ2n) is 7.86. The second-order valence-corrected chi connectivity index (χ2v) is 9.00. The number of aliphatic imine (C=N–C) groups is 1. The SMILES string of the molecule is Nc1ccc(-c2cc3c(s2)CC2=C3CN=C2c2ccc(N3CCOCC3)cc2)cn1. The largest absolute Gasteiger partial charge is 0.384 e. The van der Waals surface area contributed by atoms with E-state index < -0.39 is 0 Å². The average molecular weight is 415 g/mol. The number of rotatable bonds is 3. The van der Waals surface area contributed by atoms with Crippen LogP contribution in [0.4, 0.5) is 11.5 Å². The predicted octanol–water partition coefficient (Wildman–Crippen LogP) is 4.04. The van der Waals surface area contributed by atoms with Crippen LogP contribution in [-0.4, -0.2) is 43.5 Å². The van der Waals surface area contributed by atoms with Crippen molar-refractivity contribution in [3.63, 3.8) is 0 Å². The molecule has 0 atom stereocenters. The van der Waals surface area contributed by atoms with Gasteiger partial charge in [-0.1, -0.05) is 12.1 Å². The Bertz CT molecular complexity index is 1170. The van der Waals surface area contributed by atoms with Crippen molar-refractivity contribution in [1.29, 1.82) is 0 Å². The number of pyridine rings is 1. The molecule has 0 spiro atoms. The first-order chi connectivity index (χ1) is 14.8. The normalized spacial score (nSPS) is 17.9. The highest BCUT2D eigenvalue weighted by molar-refractivity contribution is 7.15. The summed E-state index contributed by atoms with van der Waals surface area (Å²) in [5, 5.41) is 0. The summed E-state index contributed by atoms with van der Waals surface area (Å²) in [5.41, 5.74) is 14.7.